The molecule has 2 N–H and O–H groups in total. The molecule has 2 heterocycles. The maximum Gasteiger partial charge on any atom is 0.257 e. The highest BCUT2D eigenvalue weighted by molar-refractivity contribution is 7.23. The number of thiazole rings is 1. The van der Waals surface area contributed by atoms with Crippen molar-refractivity contribution in [3.05, 3.63) is 71.9 Å². The van der Waals surface area contributed by atoms with Crippen molar-refractivity contribution in [3.8, 4) is 17.0 Å². The van der Waals surface area contributed by atoms with E-state index in [4.69, 9.17) is 4.74 Å². The second-order valence-electron chi connectivity index (χ2n) is 7.83. The summed E-state index contributed by atoms with van der Waals surface area (Å²) < 4.78 is 6.25. The van der Waals surface area contributed by atoms with Gasteiger partial charge in [-0.3, -0.25) is 14.9 Å². The van der Waals surface area contributed by atoms with Crippen molar-refractivity contribution in [2.24, 2.45) is 0 Å². The van der Waals surface area contributed by atoms with Crippen molar-refractivity contribution in [2.45, 2.75) is 0 Å². The quantitative estimate of drug-likeness (QED) is 0.401. The van der Waals surface area contributed by atoms with Gasteiger partial charge in [-0.05, 0) is 43.9 Å². The van der Waals surface area contributed by atoms with Gasteiger partial charge in [-0.25, -0.2) is 9.97 Å². The molecular formula is C25H25N5O3S. The number of benzene rings is 2. The van der Waals surface area contributed by atoms with Crippen LogP contribution in [0.2, 0.25) is 0 Å². The predicted octanol–water partition coefficient (Wildman–Crippen LogP) is 3.91. The zero-order valence-corrected chi connectivity index (χ0v) is 20.0. The maximum absolute atomic E-state index is 12.8. The number of likely N-dealkylation sites (N-methyl/N-ethyl adjacent to an activating group) is 1. The van der Waals surface area contributed by atoms with Crippen molar-refractivity contribution in [1.82, 2.24) is 20.2 Å². The number of pyridine rings is 1. The molecule has 2 aromatic carbocycles. The number of rotatable bonds is 8. The van der Waals surface area contributed by atoms with Crippen LogP contribution in [0.3, 0.4) is 0 Å². The summed E-state index contributed by atoms with van der Waals surface area (Å²) in [7, 11) is 5.43. The van der Waals surface area contributed by atoms with Gasteiger partial charge in [0, 0.05) is 36.0 Å². The van der Waals surface area contributed by atoms with Gasteiger partial charge in [0.15, 0.2) is 5.13 Å². The molecule has 0 aliphatic rings. The van der Waals surface area contributed by atoms with Crippen molar-refractivity contribution in [1.29, 1.82) is 0 Å². The number of hydrogen-bond donors (Lipinski definition) is 2. The van der Waals surface area contributed by atoms with Gasteiger partial charge in [-0.2, -0.15) is 0 Å². The Morgan fingerprint density at radius 2 is 1.68 bits per heavy atom. The van der Waals surface area contributed by atoms with Crippen LogP contribution in [0.4, 0.5) is 5.13 Å². The lowest BCUT2D eigenvalue weighted by molar-refractivity contribution is 0.0949. The molecule has 4 rings (SSSR count). The topological polar surface area (TPSA) is 96.4 Å². The number of fused-ring (bicyclic) bond motifs is 1. The molecule has 9 heteroatoms. The number of methoxy groups -OCH3 is 1. The third-order valence-electron chi connectivity index (χ3n) is 5.14. The van der Waals surface area contributed by atoms with E-state index < -0.39 is 0 Å². The molecule has 0 spiro atoms. The molecule has 34 heavy (non-hydrogen) atoms. The van der Waals surface area contributed by atoms with E-state index in [-0.39, 0.29) is 11.8 Å². The zero-order chi connectivity index (χ0) is 24.1. The summed E-state index contributed by atoms with van der Waals surface area (Å²) in [6.45, 7) is 1.30. The lowest BCUT2D eigenvalue weighted by Crippen LogP contribution is -2.31. The van der Waals surface area contributed by atoms with Crippen LogP contribution in [0.1, 0.15) is 20.7 Å². The number of carbonyl (C=O) groups excluding carboxylic acids is 2. The molecule has 0 saturated heterocycles. The first kappa shape index (κ1) is 23.3. The molecule has 2 amide bonds. The van der Waals surface area contributed by atoms with Gasteiger partial charge in [0.25, 0.3) is 11.8 Å². The molecule has 8 nitrogen and oxygen atoms in total. The van der Waals surface area contributed by atoms with Crippen LogP contribution in [-0.4, -0.2) is 61.0 Å². The summed E-state index contributed by atoms with van der Waals surface area (Å²) in [6, 6.07) is 16.4. The van der Waals surface area contributed by atoms with Crippen LogP contribution >= 0.6 is 11.3 Å². The molecule has 0 saturated carbocycles. The zero-order valence-electron chi connectivity index (χ0n) is 19.2. The van der Waals surface area contributed by atoms with E-state index in [9.17, 15) is 9.59 Å². The minimum absolute atomic E-state index is 0.173. The van der Waals surface area contributed by atoms with Gasteiger partial charge < -0.3 is 15.0 Å². The second kappa shape index (κ2) is 10.4. The Bertz CT molecular complexity index is 1300. The summed E-state index contributed by atoms with van der Waals surface area (Å²) in [6.07, 6.45) is 1.75. The van der Waals surface area contributed by atoms with Crippen LogP contribution in [0.25, 0.3) is 21.3 Å². The van der Waals surface area contributed by atoms with Gasteiger partial charge in [0.05, 0.1) is 11.8 Å². The number of anilines is 1. The molecular weight excluding hydrogens is 450 g/mol. The minimum Gasteiger partial charge on any atom is -0.479 e. The first-order valence-electron chi connectivity index (χ1n) is 10.7. The molecule has 0 atom stereocenters. The van der Waals surface area contributed by atoms with Crippen LogP contribution in [0.15, 0.2) is 60.8 Å². The SMILES string of the molecule is COc1ncc(-c2ccccc2)c2sc(NC(=O)c3ccc(C(=O)NCCN(C)C)cc3)nc12. The Morgan fingerprint density at radius 3 is 2.32 bits per heavy atom. The molecule has 4 aromatic rings. The normalized spacial score (nSPS) is 10.9. The van der Waals surface area contributed by atoms with Gasteiger partial charge in [-0.15, -0.1) is 0 Å². The molecule has 2 aromatic heterocycles. The Hall–Kier alpha value is -3.82. The molecule has 0 aliphatic carbocycles. The van der Waals surface area contributed by atoms with E-state index in [2.05, 4.69) is 20.6 Å². The van der Waals surface area contributed by atoms with Crippen molar-refractivity contribution < 1.29 is 14.3 Å². The summed E-state index contributed by atoms with van der Waals surface area (Å²) in [4.78, 5) is 36.0. The number of carbonyl (C=O) groups is 2. The van der Waals surface area contributed by atoms with Crippen molar-refractivity contribution in [2.75, 3.05) is 39.6 Å². The highest BCUT2D eigenvalue weighted by Crippen LogP contribution is 2.38. The van der Waals surface area contributed by atoms with E-state index in [0.29, 0.717) is 34.2 Å². The molecule has 0 unspecified atom stereocenters. The van der Waals surface area contributed by atoms with Gasteiger partial charge >= 0.3 is 0 Å². The van der Waals surface area contributed by atoms with Crippen molar-refractivity contribution >= 4 is 38.5 Å². The minimum atomic E-state index is -0.313. The summed E-state index contributed by atoms with van der Waals surface area (Å²) in [5, 5.41) is 6.15. The molecule has 0 aliphatic heterocycles. The van der Waals surface area contributed by atoms with Crippen LogP contribution in [0, 0.1) is 0 Å². The lowest BCUT2D eigenvalue weighted by Gasteiger charge is -2.10. The fourth-order valence-electron chi connectivity index (χ4n) is 3.35. The average Bonchev–Trinajstić information content (AvgIpc) is 3.27. The third kappa shape index (κ3) is 5.22. The van der Waals surface area contributed by atoms with E-state index in [0.717, 1.165) is 22.4 Å². The highest BCUT2D eigenvalue weighted by atomic mass is 32.1. The van der Waals surface area contributed by atoms with Crippen LogP contribution in [0.5, 0.6) is 5.88 Å². The molecule has 0 bridgehead atoms. The predicted molar refractivity (Wildman–Crippen MR) is 135 cm³/mol. The summed E-state index contributed by atoms with van der Waals surface area (Å²) in [5.74, 6) is -0.0871. The summed E-state index contributed by atoms with van der Waals surface area (Å²) >= 11 is 1.36. The Morgan fingerprint density at radius 1 is 1.00 bits per heavy atom. The number of nitrogens with zero attached hydrogens (tertiary/aromatic N) is 3. The number of aromatic nitrogens is 2. The van der Waals surface area contributed by atoms with Crippen LogP contribution in [-0.2, 0) is 0 Å². The fraction of sp³-hybridized carbons (Fsp3) is 0.200. The summed E-state index contributed by atoms with van der Waals surface area (Å²) in [5.41, 5.74) is 3.44. The average molecular weight is 476 g/mol. The molecule has 0 radical (unpaired) electrons. The third-order valence-corrected chi connectivity index (χ3v) is 6.14. The fourth-order valence-corrected chi connectivity index (χ4v) is 4.34. The molecule has 174 valence electrons. The van der Waals surface area contributed by atoms with Crippen LogP contribution < -0.4 is 15.4 Å². The first-order chi connectivity index (χ1) is 16.5. The number of amides is 2. The maximum atomic E-state index is 12.8. The lowest BCUT2D eigenvalue weighted by atomic mass is 10.1. The number of nitrogens with one attached hydrogen (secondary N) is 2. The monoisotopic (exact) mass is 475 g/mol. The smallest absolute Gasteiger partial charge is 0.257 e. The van der Waals surface area contributed by atoms with E-state index in [1.54, 1.807) is 37.6 Å². The standard InChI is InChI=1S/C25H25N5O3S/c1-30(2)14-13-26-22(31)17-9-11-18(12-10-17)23(32)29-25-28-20-21(34-25)19(15-27-24(20)33-3)16-7-5-4-6-8-16/h4-12,15H,13-14H2,1-3H3,(H,26,31)(H,28,29,32). The Balaban J connectivity index is 1.52. The molecule has 0 fully saturated rings. The van der Waals surface area contributed by atoms with Crippen molar-refractivity contribution in [3.63, 3.8) is 0 Å². The highest BCUT2D eigenvalue weighted by Gasteiger charge is 2.17. The number of hydrogen-bond acceptors (Lipinski definition) is 7. The van der Waals surface area contributed by atoms with E-state index in [1.807, 2.05) is 49.3 Å². The van der Waals surface area contributed by atoms with Gasteiger partial charge in [0.1, 0.15) is 5.52 Å². The largest absolute Gasteiger partial charge is 0.479 e. The number of ether oxygens (including phenoxy) is 1. The van der Waals surface area contributed by atoms with Gasteiger partial charge in [0.2, 0.25) is 5.88 Å². The van der Waals surface area contributed by atoms with Gasteiger partial charge in [-0.1, -0.05) is 41.7 Å². The van der Waals surface area contributed by atoms with E-state index >= 15 is 0 Å². The Kier molecular flexibility index (Phi) is 7.15. The second-order valence-corrected chi connectivity index (χ2v) is 8.83. The Labute approximate surface area is 201 Å². The van der Waals surface area contributed by atoms with E-state index in [1.165, 1.54) is 11.3 Å². The first-order valence-corrected chi connectivity index (χ1v) is 11.5.